The monoisotopic (exact) mass is 443 g/mol. The molecule has 2 aromatic rings. The van der Waals surface area contributed by atoms with Crippen LogP contribution in [0.15, 0.2) is 41.3 Å². The summed E-state index contributed by atoms with van der Waals surface area (Å²) in [5.74, 6) is 0.759. The molecular weight excluding hydrogens is 421 g/mol. The molecule has 1 saturated heterocycles. The first kappa shape index (κ1) is 21.4. The predicted molar refractivity (Wildman–Crippen MR) is 111 cm³/mol. The van der Waals surface area contributed by atoms with Gasteiger partial charge in [-0.25, -0.2) is 13.1 Å². The molecule has 2 aromatic carbocycles. The van der Waals surface area contributed by atoms with Gasteiger partial charge in [-0.2, -0.15) is 0 Å². The average Bonchev–Trinajstić information content (AvgIpc) is 2.70. The normalized spacial score (nSPS) is 16.7. The maximum atomic E-state index is 12.9. The van der Waals surface area contributed by atoms with E-state index in [0.29, 0.717) is 23.8 Å². The summed E-state index contributed by atoms with van der Waals surface area (Å²) in [7, 11) is -2.18. The van der Waals surface area contributed by atoms with Crippen molar-refractivity contribution in [2.45, 2.75) is 30.1 Å². The van der Waals surface area contributed by atoms with Crippen molar-refractivity contribution in [1.29, 1.82) is 0 Å². The summed E-state index contributed by atoms with van der Waals surface area (Å²) in [5, 5.41) is 0.539. The number of rotatable bonds is 6. The molecule has 0 radical (unpaired) electrons. The number of halogens is 2. The van der Waals surface area contributed by atoms with Crippen LogP contribution in [0.5, 0.6) is 5.75 Å². The minimum Gasteiger partial charge on any atom is -0.497 e. The topological polar surface area (TPSA) is 64.6 Å². The highest BCUT2D eigenvalue weighted by Crippen LogP contribution is 2.36. The van der Waals surface area contributed by atoms with E-state index >= 15 is 0 Å². The Bertz CT molecular complexity index is 939. The van der Waals surface area contributed by atoms with Gasteiger partial charge >= 0.3 is 0 Å². The standard InChI is InChI=1S/C20H23Cl2NO4S/c1-14-11-19(18(22)12-17(14)21)28(24,25)23-13-20(7-9-27-10-8-20)15-3-5-16(26-2)6-4-15/h3-6,11-12,23H,7-10,13H2,1-2H3. The van der Waals surface area contributed by atoms with Crippen molar-refractivity contribution in [2.75, 3.05) is 26.9 Å². The van der Waals surface area contributed by atoms with E-state index in [1.54, 1.807) is 14.0 Å². The predicted octanol–water partition coefficient (Wildman–Crippen LogP) is 4.34. The van der Waals surface area contributed by atoms with E-state index in [0.717, 1.165) is 24.2 Å². The van der Waals surface area contributed by atoms with Crippen LogP contribution in [0.2, 0.25) is 10.0 Å². The first-order valence-electron chi connectivity index (χ1n) is 8.95. The van der Waals surface area contributed by atoms with Crippen molar-refractivity contribution in [2.24, 2.45) is 0 Å². The average molecular weight is 444 g/mol. The van der Waals surface area contributed by atoms with Crippen LogP contribution in [0, 0.1) is 6.92 Å². The van der Waals surface area contributed by atoms with E-state index in [1.165, 1.54) is 12.1 Å². The highest BCUT2D eigenvalue weighted by Gasteiger charge is 2.36. The van der Waals surface area contributed by atoms with Crippen molar-refractivity contribution >= 4 is 33.2 Å². The molecule has 1 N–H and O–H groups in total. The summed E-state index contributed by atoms with van der Waals surface area (Å²) < 4.78 is 39.4. The third-order valence-electron chi connectivity index (χ3n) is 5.26. The first-order valence-corrected chi connectivity index (χ1v) is 11.2. The fourth-order valence-electron chi connectivity index (χ4n) is 3.42. The van der Waals surface area contributed by atoms with Crippen LogP contribution < -0.4 is 9.46 Å². The maximum Gasteiger partial charge on any atom is 0.242 e. The molecule has 3 rings (SSSR count). The Kier molecular flexibility index (Phi) is 6.57. The molecule has 0 bridgehead atoms. The summed E-state index contributed by atoms with van der Waals surface area (Å²) in [6, 6.07) is 10.7. The third kappa shape index (κ3) is 4.47. The third-order valence-corrected chi connectivity index (χ3v) is 7.53. The molecule has 1 heterocycles. The maximum absolute atomic E-state index is 12.9. The molecule has 0 amide bonds. The number of sulfonamides is 1. The van der Waals surface area contributed by atoms with Crippen molar-refractivity contribution in [3.05, 3.63) is 57.6 Å². The van der Waals surface area contributed by atoms with E-state index in [9.17, 15) is 8.42 Å². The minimum absolute atomic E-state index is 0.0352. The van der Waals surface area contributed by atoms with E-state index < -0.39 is 10.0 Å². The zero-order valence-electron chi connectivity index (χ0n) is 15.8. The lowest BCUT2D eigenvalue weighted by atomic mass is 9.74. The van der Waals surface area contributed by atoms with Gasteiger partial charge in [0.1, 0.15) is 10.6 Å². The Labute approximate surface area is 176 Å². The van der Waals surface area contributed by atoms with Gasteiger partial charge in [0.2, 0.25) is 10.0 Å². The molecule has 0 unspecified atom stereocenters. The largest absolute Gasteiger partial charge is 0.497 e. The van der Waals surface area contributed by atoms with Crippen molar-refractivity contribution < 1.29 is 17.9 Å². The van der Waals surface area contributed by atoms with Crippen molar-refractivity contribution in [1.82, 2.24) is 4.72 Å². The molecule has 1 aliphatic heterocycles. The molecule has 0 saturated carbocycles. The van der Waals surface area contributed by atoms with Crippen molar-refractivity contribution in [3.63, 3.8) is 0 Å². The summed E-state index contributed by atoms with van der Waals surface area (Å²) in [6.45, 7) is 3.15. The molecule has 0 aliphatic carbocycles. The Morgan fingerprint density at radius 1 is 1.11 bits per heavy atom. The molecule has 1 fully saturated rings. The molecule has 8 heteroatoms. The van der Waals surface area contributed by atoms with Crippen LogP contribution in [0.3, 0.4) is 0 Å². The lowest BCUT2D eigenvalue weighted by Gasteiger charge is -2.38. The molecule has 0 aromatic heterocycles. The van der Waals surface area contributed by atoms with E-state index in [4.69, 9.17) is 32.7 Å². The van der Waals surface area contributed by atoms with Gasteiger partial charge < -0.3 is 9.47 Å². The fraction of sp³-hybridized carbons (Fsp3) is 0.400. The SMILES string of the molecule is COc1ccc(C2(CNS(=O)(=O)c3cc(C)c(Cl)cc3Cl)CCOCC2)cc1. The fourth-order valence-corrected chi connectivity index (χ4v) is 5.38. The first-order chi connectivity index (χ1) is 13.3. The van der Waals surface area contributed by atoms with Crippen LogP contribution >= 0.6 is 23.2 Å². The molecule has 0 spiro atoms. The Balaban J connectivity index is 1.88. The Hall–Kier alpha value is -1.31. The van der Waals surface area contributed by atoms with Gasteiger partial charge in [0.15, 0.2) is 0 Å². The second kappa shape index (κ2) is 8.59. The van der Waals surface area contributed by atoms with E-state index in [2.05, 4.69) is 4.72 Å². The van der Waals surface area contributed by atoms with Gasteiger partial charge in [-0.1, -0.05) is 35.3 Å². The van der Waals surface area contributed by atoms with Gasteiger partial charge in [-0.15, -0.1) is 0 Å². The number of nitrogens with one attached hydrogen (secondary N) is 1. The van der Waals surface area contributed by atoms with Gasteiger partial charge in [0.05, 0.1) is 12.1 Å². The van der Waals surface area contributed by atoms with E-state index in [1.807, 2.05) is 24.3 Å². The Morgan fingerprint density at radius 2 is 1.75 bits per heavy atom. The quantitative estimate of drug-likeness (QED) is 0.720. The lowest BCUT2D eigenvalue weighted by Crippen LogP contribution is -2.44. The van der Waals surface area contributed by atoms with Crippen LogP contribution in [0.25, 0.3) is 0 Å². The zero-order valence-corrected chi connectivity index (χ0v) is 18.1. The van der Waals surface area contributed by atoms with Crippen LogP contribution in [0.4, 0.5) is 0 Å². The molecule has 28 heavy (non-hydrogen) atoms. The molecule has 0 atom stereocenters. The zero-order chi connectivity index (χ0) is 20.4. The number of aryl methyl sites for hydroxylation is 1. The molecular formula is C20H23Cl2NO4S. The minimum atomic E-state index is -3.79. The number of hydrogen-bond donors (Lipinski definition) is 1. The summed E-state index contributed by atoms with van der Waals surface area (Å²) in [6.07, 6.45) is 1.43. The number of hydrogen-bond acceptors (Lipinski definition) is 4. The molecule has 5 nitrogen and oxygen atoms in total. The highest BCUT2D eigenvalue weighted by atomic mass is 35.5. The van der Waals surface area contributed by atoms with E-state index in [-0.39, 0.29) is 21.9 Å². The number of benzene rings is 2. The molecule has 152 valence electrons. The van der Waals surface area contributed by atoms with Gasteiger partial charge in [0.25, 0.3) is 0 Å². The van der Waals surface area contributed by atoms with Gasteiger partial charge in [-0.05, 0) is 55.2 Å². The Morgan fingerprint density at radius 3 is 2.36 bits per heavy atom. The van der Waals surface area contributed by atoms with Gasteiger partial charge in [0, 0.05) is 30.2 Å². The van der Waals surface area contributed by atoms with Crippen molar-refractivity contribution in [3.8, 4) is 5.75 Å². The van der Waals surface area contributed by atoms with Crippen LogP contribution in [-0.2, 0) is 20.2 Å². The number of methoxy groups -OCH3 is 1. The second-order valence-corrected chi connectivity index (χ2v) is 9.53. The summed E-state index contributed by atoms with van der Waals surface area (Å²) >= 11 is 12.2. The second-order valence-electron chi connectivity index (χ2n) is 6.98. The van der Waals surface area contributed by atoms with Crippen LogP contribution in [-0.4, -0.2) is 35.3 Å². The highest BCUT2D eigenvalue weighted by molar-refractivity contribution is 7.89. The smallest absolute Gasteiger partial charge is 0.242 e. The molecule has 1 aliphatic rings. The lowest BCUT2D eigenvalue weighted by molar-refractivity contribution is 0.0517. The number of ether oxygens (including phenoxy) is 2. The summed E-state index contributed by atoms with van der Waals surface area (Å²) in [4.78, 5) is 0.0352. The van der Waals surface area contributed by atoms with Crippen LogP contribution in [0.1, 0.15) is 24.0 Å². The van der Waals surface area contributed by atoms with Gasteiger partial charge in [-0.3, -0.25) is 0 Å². The summed E-state index contributed by atoms with van der Waals surface area (Å²) in [5.41, 5.74) is 1.35.